The summed E-state index contributed by atoms with van der Waals surface area (Å²) in [5, 5.41) is 0. The van der Waals surface area contributed by atoms with Gasteiger partial charge < -0.3 is 28.9 Å². The van der Waals surface area contributed by atoms with Crippen LogP contribution in [0.4, 0.5) is 0 Å². The molecule has 0 saturated carbocycles. The number of benzene rings is 2. The van der Waals surface area contributed by atoms with E-state index in [0.29, 0.717) is 26.4 Å². The quantitative estimate of drug-likeness (QED) is 0.183. The predicted molar refractivity (Wildman–Crippen MR) is 281 cm³/mol. The lowest BCUT2D eigenvalue weighted by molar-refractivity contribution is -0.225. The molecule has 0 amide bonds. The zero-order valence-corrected chi connectivity index (χ0v) is 43.6. The molecule has 4 aliphatic rings. The Morgan fingerprint density at radius 1 is 0.412 bits per heavy atom. The smallest absolute Gasteiger partial charge is 0.187 e. The van der Waals surface area contributed by atoms with Crippen LogP contribution in [0, 0.1) is 10.8 Å². The molecule has 358 valence electrons. The minimum Gasteiger partial charge on any atom is -0.355 e. The molecule has 7 heterocycles. The molecule has 2 saturated heterocycles. The van der Waals surface area contributed by atoms with Gasteiger partial charge in [-0.25, -0.2) is 9.97 Å². The summed E-state index contributed by atoms with van der Waals surface area (Å²) < 4.78 is 26.6. The molecular weight excluding hydrogens is 841 g/mol. The molecule has 5 aromatic rings. The monoisotopic (exact) mass is 915 g/mol. The average Bonchev–Trinajstić information content (AvgIpc) is 4.08. The number of fused-ring (bicyclic) bond motifs is 8. The number of aromatic amines is 2. The summed E-state index contributed by atoms with van der Waals surface area (Å²) in [6, 6.07) is 22.8. The van der Waals surface area contributed by atoms with Crippen LogP contribution in [-0.4, -0.2) is 46.4 Å². The van der Waals surface area contributed by atoms with Crippen molar-refractivity contribution in [3.05, 3.63) is 117 Å². The lowest BCUT2D eigenvalue weighted by Crippen LogP contribution is -2.34. The molecule has 8 heteroatoms. The maximum atomic E-state index is 6.66. The SMILES string of the molecule is CC1(C)COC(c2c3nc(c(-c4cc(C(C)(C)C)cc(C(C)(C)C)c4)c4nc(c(C5OCC(C)(C)CO5)c5ccc([nH]5)c(-c5cc(C(C)(C)C)cc(C(C)(C)C)c5)c5ccc2[nH]5)C=C4)C=C3)OC1. The second-order valence-electron chi connectivity index (χ2n) is 25.4. The largest absolute Gasteiger partial charge is 0.355 e. The Morgan fingerprint density at radius 3 is 1.03 bits per heavy atom. The number of ether oxygens (including phenoxy) is 4. The van der Waals surface area contributed by atoms with E-state index in [1.54, 1.807) is 0 Å². The summed E-state index contributed by atoms with van der Waals surface area (Å²) in [6.07, 6.45) is 7.21. The van der Waals surface area contributed by atoms with Crippen molar-refractivity contribution >= 4 is 46.4 Å². The Balaban J connectivity index is 1.44. The summed E-state index contributed by atoms with van der Waals surface area (Å²) >= 11 is 0. The van der Waals surface area contributed by atoms with E-state index in [4.69, 9.17) is 28.9 Å². The molecule has 0 radical (unpaired) electrons. The number of hydrogen-bond acceptors (Lipinski definition) is 6. The predicted octanol–water partition coefficient (Wildman–Crippen LogP) is 15.3. The molecule has 2 N–H and O–H groups in total. The van der Waals surface area contributed by atoms with Gasteiger partial charge in [-0.3, -0.25) is 0 Å². The van der Waals surface area contributed by atoms with Gasteiger partial charge in [0.1, 0.15) is 0 Å². The van der Waals surface area contributed by atoms with Gasteiger partial charge in [0, 0.05) is 44.0 Å². The van der Waals surface area contributed by atoms with Crippen molar-refractivity contribution in [3.8, 4) is 22.3 Å². The number of H-pyrrole nitrogens is 2. The first-order chi connectivity index (χ1) is 31.6. The third kappa shape index (κ3) is 9.59. The zero-order valence-electron chi connectivity index (χ0n) is 43.6. The normalized spacial score (nSPS) is 18.1. The van der Waals surface area contributed by atoms with Gasteiger partial charge in [0.25, 0.3) is 0 Å². The maximum Gasteiger partial charge on any atom is 0.187 e. The Labute approximate surface area is 405 Å². The Morgan fingerprint density at radius 2 is 0.706 bits per heavy atom. The van der Waals surface area contributed by atoms with Crippen LogP contribution in [0.2, 0.25) is 0 Å². The van der Waals surface area contributed by atoms with Crippen LogP contribution < -0.4 is 0 Å². The molecule has 8 nitrogen and oxygen atoms in total. The van der Waals surface area contributed by atoms with Gasteiger partial charge in [-0.2, -0.15) is 0 Å². The van der Waals surface area contributed by atoms with Gasteiger partial charge in [-0.15, -0.1) is 0 Å². The van der Waals surface area contributed by atoms with E-state index in [2.05, 4.69) is 206 Å². The van der Waals surface area contributed by atoms with Gasteiger partial charge in [-0.05, 0) is 104 Å². The van der Waals surface area contributed by atoms with E-state index in [1.165, 1.54) is 22.3 Å². The highest BCUT2D eigenvalue weighted by molar-refractivity contribution is 5.96. The molecular formula is C60H74N4O4. The van der Waals surface area contributed by atoms with Crippen LogP contribution in [-0.2, 0) is 40.6 Å². The number of nitrogens with one attached hydrogen (secondary N) is 2. The van der Waals surface area contributed by atoms with Crippen molar-refractivity contribution in [2.75, 3.05) is 26.4 Å². The number of hydrogen-bond donors (Lipinski definition) is 2. The molecule has 3 aromatic heterocycles. The third-order valence-corrected chi connectivity index (χ3v) is 13.7. The van der Waals surface area contributed by atoms with E-state index in [0.717, 1.165) is 78.2 Å². The second-order valence-corrected chi connectivity index (χ2v) is 25.4. The molecule has 8 bridgehead atoms. The van der Waals surface area contributed by atoms with Crippen LogP contribution >= 0.6 is 0 Å². The van der Waals surface area contributed by atoms with Crippen LogP contribution in [0.5, 0.6) is 0 Å². The Kier molecular flexibility index (Phi) is 11.8. The molecule has 0 aliphatic carbocycles. The van der Waals surface area contributed by atoms with Gasteiger partial charge >= 0.3 is 0 Å². The van der Waals surface area contributed by atoms with Crippen molar-refractivity contribution in [3.63, 3.8) is 0 Å². The highest BCUT2D eigenvalue weighted by atomic mass is 16.7. The van der Waals surface area contributed by atoms with Crippen LogP contribution in [0.1, 0.15) is 180 Å². The minimum absolute atomic E-state index is 0.0913. The van der Waals surface area contributed by atoms with Crippen molar-refractivity contribution < 1.29 is 18.9 Å². The van der Waals surface area contributed by atoms with Crippen LogP contribution in [0.25, 0.3) is 68.6 Å². The van der Waals surface area contributed by atoms with E-state index < -0.39 is 12.6 Å². The standard InChI is InChI=1S/C60H74N4O4/c1-55(2,3)37-25-35(26-38(29-37)56(4,5)6)49-41-17-21-45(61-41)51(53-65-31-59(13,14)32-66-53)47-23-19-43(63-47)50(36-27-39(57(7,8)9)30-40(28-36)58(10,11)12)44-20-24-48(64-44)52(46-22-18-42(49)62-46)54-67-33-60(15,16)34-68-54/h17-30,53-54,61-62H,31-34H2,1-16H3. The fourth-order valence-electron chi connectivity index (χ4n) is 9.35. The summed E-state index contributed by atoms with van der Waals surface area (Å²) in [6.45, 7) is 38.3. The van der Waals surface area contributed by atoms with Crippen molar-refractivity contribution in [1.82, 2.24) is 19.9 Å². The molecule has 2 fully saturated rings. The van der Waals surface area contributed by atoms with E-state index >= 15 is 0 Å². The van der Waals surface area contributed by atoms with E-state index in [9.17, 15) is 0 Å². The van der Waals surface area contributed by atoms with Gasteiger partial charge in [0.15, 0.2) is 12.6 Å². The van der Waals surface area contributed by atoms with Crippen LogP contribution in [0.3, 0.4) is 0 Å². The summed E-state index contributed by atoms with van der Waals surface area (Å²) in [5.74, 6) is 0. The fourth-order valence-corrected chi connectivity index (χ4v) is 9.35. The van der Waals surface area contributed by atoms with Gasteiger partial charge in [0.2, 0.25) is 0 Å². The molecule has 0 atom stereocenters. The molecule has 2 aromatic carbocycles. The Hall–Kier alpha value is -5.12. The fraction of sp³-hybridized carbons (Fsp3) is 0.467. The van der Waals surface area contributed by atoms with Gasteiger partial charge in [-0.1, -0.05) is 147 Å². The topological polar surface area (TPSA) is 94.3 Å². The van der Waals surface area contributed by atoms with Gasteiger partial charge in [0.05, 0.1) is 60.3 Å². The average molecular weight is 915 g/mol. The van der Waals surface area contributed by atoms with Crippen LogP contribution in [0.15, 0.2) is 60.7 Å². The molecule has 4 aliphatic heterocycles. The molecule has 0 unspecified atom stereocenters. The maximum absolute atomic E-state index is 6.66. The zero-order chi connectivity index (χ0) is 48.9. The van der Waals surface area contributed by atoms with Crippen molar-refractivity contribution in [2.45, 2.75) is 145 Å². The third-order valence-electron chi connectivity index (χ3n) is 13.7. The molecule has 9 rings (SSSR count). The Bertz CT molecular complexity index is 2810. The van der Waals surface area contributed by atoms with E-state index in [-0.39, 0.29) is 32.5 Å². The first kappa shape index (κ1) is 47.9. The highest BCUT2D eigenvalue weighted by Crippen LogP contribution is 2.43. The first-order valence-corrected chi connectivity index (χ1v) is 24.6. The highest BCUT2D eigenvalue weighted by Gasteiger charge is 2.35. The van der Waals surface area contributed by atoms with E-state index in [1.807, 2.05) is 0 Å². The van der Waals surface area contributed by atoms with Crippen molar-refractivity contribution in [1.29, 1.82) is 0 Å². The summed E-state index contributed by atoms with van der Waals surface area (Å²) in [4.78, 5) is 19.0. The lowest BCUT2D eigenvalue weighted by atomic mass is 9.78. The number of nitrogens with zero attached hydrogens (tertiary/aromatic N) is 2. The lowest BCUT2D eigenvalue weighted by Gasteiger charge is -2.34. The van der Waals surface area contributed by atoms with Crippen molar-refractivity contribution in [2.24, 2.45) is 10.8 Å². The first-order valence-electron chi connectivity index (χ1n) is 24.6. The summed E-state index contributed by atoms with van der Waals surface area (Å²) in [7, 11) is 0. The molecule has 68 heavy (non-hydrogen) atoms. The minimum atomic E-state index is -0.644. The second kappa shape index (κ2) is 16.8. The molecule has 0 spiro atoms. The summed E-state index contributed by atoms with van der Waals surface area (Å²) in [5.41, 5.74) is 17.2. The number of rotatable bonds is 4. The number of aromatic nitrogens is 4.